The summed E-state index contributed by atoms with van der Waals surface area (Å²) in [6.45, 7) is 2.47. The quantitative estimate of drug-likeness (QED) is 0.746. The summed E-state index contributed by atoms with van der Waals surface area (Å²) in [6.07, 6.45) is 2.14. The van der Waals surface area contributed by atoms with Crippen LogP contribution in [-0.2, 0) is 4.79 Å². The number of anilines is 1. The number of amides is 1. The van der Waals surface area contributed by atoms with Crippen LogP contribution in [0.5, 0.6) is 0 Å². The van der Waals surface area contributed by atoms with Crippen molar-refractivity contribution in [3.05, 3.63) is 24.4 Å². The van der Waals surface area contributed by atoms with Crippen molar-refractivity contribution in [3.8, 4) is 0 Å². The molecule has 4 N–H and O–H groups in total. The van der Waals surface area contributed by atoms with Crippen LogP contribution in [0.2, 0.25) is 0 Å². The van der Waals surface area contributed by atoms with Gasteiger partial charge in [-0.15, -0.1) is 0 Å². The molecule has 0 fully saturated rings. The van der Waals surface area contributed by atoms with Gasteiger partial charge in [-0.2, -0.15) is 5.10 Å². The lowest BCUT2D eigenvalue weighted by Gasteiger charge is -2.09. The molecular weight excluding hydrogens is 216 g/mol. The molecule has 1 amide bonds. The van der Waals surface area contributed by atoms with Crippen molar-refractivity contribution in [2.75, 3.05) is 11.9 Å². The molecule has 5 nitrogen and oxygen atoms in total. The molecular formula is C12H16N4O. The van der Waals surface area contributed by atoms with Crippen LogP contribution in [0.4, 0.5) is 5.69 Å². The first kappa shape index (κ1) is 11.6. The van der Waals surface area contributed by atoms with Gasteiger partial charge in [0.1, 0.15) is 0 Å². The molecule has 5 heteroatoms. The maximum Gasteiger partial charge on any atom is 0.224 e. The van der Waals surface area contributed by atoms with Crippen LogP contribution in [0.15, 0.2) is 24.4 Å². The summed E-state index contributed by atoms with van der Waals surface area (Å²) in [7, 11) is 0. The number of nitrogens with one attached hydrogen (secondary N) is 2. The van der Waals surface area contributed by atoms with E-state index in [1.165, 1.54) is 0 Å². The van der Waals surface area contributed by atoms with Crippen molar-refractivity contribution in [3.63, 3.8) is 0 Å². The second-order valence-corrected chi connectivity index (χ2v) is 4.23. The molecule has 0 aliphatic heterocycles. The van der Waals surface area contributed by atoms with Crippen molar-refractivity contribution < 1.29 is 4.79 Å². The predicted octanol–water partition coefficient (Wildman–Crippen LogP) is 1.49. The molecule has 0 aliphatic rings. The minimum atomic E-state index is -0.0170. The summed E-state index contributed by atoms with van der Waals surface area (Å²) in [4.78, 5) is 11.8. The van der Waals surface area contributed by atoms with E-state index in [1.807, 2.05) is 25.1 Å². The predicted molar refractivity (Wildman–Crippen MR) is 67.6 cm³/mol. The SMILES string of the molecule is CC(CN)CC(=O)Nc1cccc2[nH]ncc12. The lowest BCUT2D eigenvalue weighted by Crippen LogP contribution is -2.20. The molecule has 1 aromatic heterocycles. The molecule has 0 aliphatic carbocycles. The third-order valence-electron chi connectivity index (χ3n) is 2.70. The number of rotatable bonds is 4. The summed E-state index contributed by atoms with van der Waals surface area (Å²) in [5.41, 5.74) is 7.19. The Balaban J connectivity index is 2.13. The van der Waals surface area contributed by atoms with Crippen LogP contribution in [0, 0.1) is 5.92 Å². The third kappa shape index (κ3) is 2.62. The zero-order valence-electron chi connectivity index (χ0n) is 9.73. The Bertz CT molecular complexity index is 520. The zero-order chi connectivity index (χ0) is 12.3. The Kier molecular flexibility index (Phi) is 3.39. The van der Waals surface area contributed by atoms with Crippen LogP contribution in [0.25, 0.3) is 10.9 Å². The highest BCUT2D eigenvalue weighted by molar-refractivity contribution is 6.00. The summed E-state index contributed by atoms with van der Waals surface area (Å²) in [6, 6.07) is 5.66. The zero-order valence-corrected chi connectivity index (χ0v) is 9.73. The number of aromatic nitrogens is 2. The Morgan fingerprint density at radius 3 is 3.18 bits per heavy atom. The normalized spacial score (nSPS) is 12.6. The molecule has 90 valence electrons. The van der Waals surface area contributed by atoms with E-state index in [4.69, 9.17) is 5.73 Å². The van der Waals surface area contributed by atoms with Gasteiger partial charge in [0.15, 0.2) is 0 Å². The monoisotopic (exact) mass is 232 g/mol. The van der Waals surface area contributed by atoms with Crippen LogP contribution in [0.1, 0.15) is 13.3 Å². The number of aromatic amines is 1. The minimum absolute atomic E-state index is 0.0170. The Labute approximate surface area is 99.4 Å². The number of carbonyl (C=O) groups excluding carboxylic acids is 1. The Morgan fingerprint density at radius 1 is 1.59 bits per heavy atom. The van der Waals surface area contributed by atoms with Gasteiger partial charge < -0.3 is 11.1 Å². The maximum absolute atomic E-state index is 11.8. The van der Waals surface area contributed by atoms with Crippen molar-refractivity contribution in [2.45, 2.75) is 13.3 Å². The number of hydrogen-bond acceptors (Lipinski definition) is 3. The number of hydrogen-bond donors (Lipinski definition) is 3. The molecule has 1 atom stereocenters. The Morgan fingerprint density at radius 2 is 2.41 bits per heavy atom. The summed E-state index contributed by atoms with van der Waals surface area (Å²) in [5.74, 6) is 0.176. The van der Waals surface area contributed by atoms with Gasteiger partial charge in [0, 0.05) is 11.8 Å². The molecule has 0 radical (unpaired) electrons. The van der Waals surface area contributed by atoms with E-state index in [0.717, 1.165) is 16.6 Å². The van der Waals surface area contributed by atoms with Crippen molar-refractivity contribution in [1.82, 2.24) is 10.2 Å². The molecule has 1 unspecified atom stereocenters. The molecule has 2 rings (SSSR count). The number of benzene rings is 1. The lowest BCUT2D eigenvalue weighted by atomic mass is 10.1. The number of H-pyrrole nitrogens is 1. The third-order valence-corrected chi connectivity index (χ3v) is 2.70. The largest absolute Gasteiger partial charge is 0.330 e. The van der Waals surface area contributed by atoms with E-state index >= 15 is 0 Å². The van der Waals surface area contributed by atoms with Gasteiger partial charge in [-0.25, -0.2) is 0 Å². The van der Waals surface area contributed by atoms with E-state index in [0.29, 0.717) is 13.0 Å². The van der Waals surface area contributed by atoms with Crippen molar-refractivity contribution >= 4 is 22.5 Å². The molecule has 1 heterocycles. The lowest BCUT2D eigenvalue weighted by molar-refractivity contribution is -0.116. The molecule has 0 bridgehead atoms. The molecule has 2 aromatic rings. The van der Waals surface area contributed by atoms with Crippen LogP contribution in [-0.4, -0.2) is 22.6 Å². The fourth-order valence-corrected chi connectivity index (χ4v) is 1.68. The summed E-state index contributed by atoms with van der Waals surface area (Å²) < 4.78 is 0. The van der Waals surface area contributed by atoms with Gasteiger partial charge in [0.05, 0.1) is 17.4 Å². The number of nitrogens with zero attached hydrogens (tertiary/aromatic N) is 1. The van der Waals surface area contributed by atoms with E-state index < -0.39 is 0 Å². The number of nitrogens with two attached hydrogens (primary N) is 1. The number of carbonyl (C=O) groups is 1. The van der Waals surface area contributed by atoms with Gasteiger partial charge in [-0.05, 0) is 24.6 Å². The first-order valence-corrected chi connectivity index (χ1v) is 5.62. The van der Waals surface area contributed by atoms with E-state index in [1.54, 1.807) is 6.20 Å². The minimum Gasteiger partial charge on any atom is -0.330 e. The van der Waals surface area contributed by atoms with Crippen LogP contribution in [0.3, 0.4) is 0 Å². The van der Waals surface area contributed by atoms with E-state index in [9.17, 15) is 4.79 Å². The highest BCUT2D eigenvalue weighted by atomic mass is 16.1. The van der Waals surface area contributed by atoms with Gasteiger partial charge >= 0.3 is 0 Å². The fraction of sp³-hybridized carbons (Fsp3) is 0.333. The summed E-state index contributed by atoms with van der Waals surface area (Å²) >= 11 is 0. The van der Waals surface area contributed by atoms with E-state index in [-0.39, 0.29) is 11.8 Å². The molecule has 0 saturated heterocycles. The standard InChI is InChI=1S/C12H16N4O/c1-8(6-13)5-12(17)15-10-3-2-4-11-9(10)7-14-16-11/h2-4,7-8H,5-6,13H2,1H3,(H,14,16)(H,15,17). The Hall–Kier alpha value is -1.88. The van der Waals surface area contributed by atoms with Crippen LogP contribution < -0.4 is 11.1 Å². The van der Waals surface area contributed by atoms with Gasteiger partial charge in [0.2, 0.25) is 5.91 Å². The van der Waals surface area contributed by atoms with Gasteiger partial charge in [0.25, 0.3) is 0 Å². The van der Waals surface area contributed by atoms with Gasteiger partial charge in [-0.1, -0.05) is 13.0 Å². The molecule has 1 aromatic carbocycles. The topological polar surface area (TPSA) is 83.8 Å². The van der Waals surface area contributed by atoms with E-state index in [2.05, 4.69) is 15.5 Å². The fourth-order valence-electron chi connectivity index (χ4n) is 1.68. The number of fused-ring (bicyclic) bond motifs is 1. The van der Waals surface area contributed by atoms with Gasteiger partial charge in [-0.3, -0.25) is 9.89 Å². The maximum atomic E-state index is 11.8. The second kappa shape index (κ2) is 4.97. The molecule has 17 heavy (non-hydrogen) atoms. The first-order valence-electron chi connectivity index (χ1n) is 5.62. The molecule has 0 saturated carbocycles. The highest BCUT2D eigenvalue weighted by Gasteiger charge is 2.09. The average Bonchev–Trinajstić information content (AvgIpc) is 2.78. The first-order chi connectivity index (χ1) is 8.20. The average molecular weight is 232 g/mol. The smallest absolute Gasteiger partial charge is 0.224 e. The van der Waals surface area contributed by atoms with Crippen LogP contribution >= 0.6 is 0 Å². The van der Waals surface area contributed by atoms with Crippen molar-refractivity contribution in [1.29, 1.82) is 0 Å². The summed E-state index contributed by atoms with van der Waals surface area (Å²) in [5, 5.41) is 10.6. The van der Waals surface area contributed by atoms with Crippen molar-refractivity contribution in [2.24, 2.45) is 11.7 Å². The highest BCUT2D eigenvalue weighted by Crippen LogP contribution is 2.21. The molecule has 0 spiro atoms. The second-order valence-electron chi connectivity index (χ2n) is 4.23.